The first kappa shape index (κ1) is 15.1. The van der Waals surface area contributed by atoms with Gasteiger partial charge in [-0.05, 0) is 37.3 Å². The molecule has 0 amide bonds. The maximum atomic E-state index is 11.2. The fraction of sp³-hybridized carbons (Fsp3) is 0.600. The summed E-state index contributed by atoms with van der Waals surface area (Å²) in [4.78, 5) is 13.0. The van der Waals surface area contributed by atoms with E-state index in [0.717, 1.165) is 31.8 Å². The lowest BCUT2D eigenvalue weighted by molar-refractivity contribution is -0.384. The summed E-state index contributed by atoms with van der Waals surface area (Å²) in [5.74, 6) is 0.753. The van der Waals surface area contributed by atoms with Crippen LogP contribution in [-0.2, 0) is 0 Å². The van der Waals surface area contributed by atoms with E-state index in [2.05, 4.69) is 11.8 Å². The maximum absolute atomic E-state index is 11.2. The van der Waals surface area contributed by atoms with Crippen LogP contribution >= 0.6 is 11.6 Å². The molecule has 0 radical (unpaired) electrons. The van der Waals surface area contributed by atoms with Gasteiger partial charge in [0, 0.05) is 13.1 Å². The van der Waals surface area contributed by atoms with Crippen LogP contribution in [0.2, 0.25) is 5.02 Å². The van der Waals surface area contributed by atoms with Gasteiger partial charge in [-0.15, -0.1) is 0 Å². The smallest absolute Gasteiger partial charge is 0.310 e. The van der Waals surface area contributed by atoms with Crippen LogP contribution in [-0.4, -0.2) is 18.0 Å². The van der Waals surface area contributed by atoms with Gasteiger partial charge in [0.25, 0.3) is 0 Å². The number of nitro benzene ring substituents is 1. The zero-order valence-electron chi connectivity index (χ0n) is 11.8. The Morgan fingerprint density at radius 1 is 1.40 bits per heavy atom. The average Bonchev–Trinajstić information content (AvgIpc) is 2.64. The van der Waals surface area contributed by atoms with Gasteiger partial charge in [0.15, 0.2) is 0 Å². The van der Waals surface area contributed by atoms with E-state index < -0.39 is 0 Å². The summed E-state index contributed by atoms with van der Waals surface area (Å²) >= 11 is 5.99. The van der Waals surface area contributed by atoms with Gasteiger partial charge in [-0.25, -0.2) is 0 Å². The number of anilines is 1. The summed E-state index contributed by atoms with van der Waals surface area (Å²) in [5, 5.41) is 11.5. The van der Waals surface area contributed by atoms with Crippen LogP contribution in [0.4, 0.5) is 11.4 Å². The van der Waals surface area contributed by atoms with Gasteiger partial charge < -0.3 is 4.90 Å². The molecule has 110 valence electrons. The minimum atomic E-state index is -0.369. The molecule has 0 aromatic heterocycles. The zero-order valence-corrected chi connectivity index (χ0v) is 12.6. The van der Waals surface area contributed by atoms with E-state index in [9.17, 15) is 10.1 Å². The standard InChI is InChI=1S/C15H21ClN2O2/c1-2-5-12-6-4-10-17(11-9-12)14-8-3-7-13(16)15(14)18(19)20/h3,7-8,12H,2,4-6,9-11H2,1H3. The van der Waals surface area contributed by atoms with Crippen molar-refractivity contribution in [2.45, 2.75) is 39.0 Å². The van der Waals surface area contributed by atoms with Crippen molar-refractivity contribution >= 4 is 23.0 Å². The maximum Gasteiger partial charge on any atom is 0.310 e. The highest BCUT2D eigenvalue weighted by molar-refractivity contribution is 6.33. The summed E-state index contributed by atoms with van der Waals surface area (Å²) in [6.45, 7) is 3.97. The Morgan fingerprint density at radius 2 is 2.20 bits per heavy atom. The second kappa shape index (κ2) is 6.93. The highest BCUT2D eigenvalue weighted by atomic mass is 35.5. The molecule has 1 aliphatic heterocycles. The molecule has 0 N–H and O–H groups in total. The molecule has 2 rings (SSSR count). The Hall–Kier alpha value is -1.29. The molecule has 0 aliphatic carbocycles. The van der Waals surface area contributed by atoms with Gasteiger partial charge >= 0.3 is 5.69 Å². The summed E-state index contributed by atoms with van der Waals surface area (Å²) in [6, 6.07) is 5.18. The lowest BCUT2D eigenvalue weighted by Gasteiger charge is -2.22. The van der Waals surface area contributed by atoms with E-state index in [4.69, 9.17) is 11.6 Å². The van der Waals surface area contributed by atoms with E-state index in [-0.39, 0.29) is 15.6 Å². The summed E-state index contributed by atoms with van der Waals surface area (Å²) in [7, 11) is 0. The van der Waals surface area contributed by atoms with E-state index in [0.29, 0.717) is 5.69 Å². The number of benzene rings is 1. The van der Waals surface area contributed by atoms with Gasteiger partial charge in [0.05, 0.1) is 4.92 Å². The number of halogens is 1. The number of para-hydroxylation sites is 1. The van der Waals surface area contributed by atoms with E-state index in [1.165, 1.54) is 19.3 Å². The fourth-order valence-electron chi connectivity index (χ4n) is 3.04. The quantitative estimate of drug-likeness (QED) is 0.600. The molecule has 1 atom stereocenters. The minimum absolute atomic E-state index is 0.0445. The molecule has 1 aliphatic rings. The van der Waals surface area contributed by atoms with Crippen LogP contribution in [0.3, 0.4) is 0 Å². The van der Waals surface area contributed by atoms with Gasteiger partial charge in [-0.1, -0.05) is 37.4 Å². The molecular weight excluding hydrogens is 276 g/mol. The molecule has 1 aromatic carbocycles. The molecule has 1 saturated heterocycles. The van der Waals surface area contributed by atoms with E-state index in [1.807, 2.05) is 6.07 Å². The molecule has 1 heterocycles. The molecule has 0 saturated carbocycles. The van der Waals surface area contributed by atoms with Gasteiger partial charge in [-0.2, -0.15) is 0 Å². The van der Waals surface area contributed by atoms with E-state index in [1.54, 1.807) is 12.1 Å². The third-order valence-corrected chi connectivity index (χ3v) is 4.34. The third kappa shape index (κ3) is 3.42. The Kier molecular flexibility index (Phi) is 5.24. The van der Waals surface area contributed by atoms with Crippen LogP contribution in [0.15, 0.2) is 18.2 Å². The van der Waals surface area contributed by atoms with Crippen molar-refractivity contribution in [1.82, 2.24) is 0 Å². The molecule has 0 bridgehead atoms. The third-order valence-electron chi connectivity index (χ3n) is 4.03. The Labute approximate surface area is 124 Å². The Balaban J connectivity index is 2.20. The monoisotopic (exact) mass is 296 g/mol. The lowest BCUT2D eigenvalue weighted by Crippen LogP contribution is -2.25. The summed E-state index contributed by atoms with van der Waals surface area (Å²) in [5.41, 5.74) is 0.711. The number of rotatable bonds is 4. The molecule has 0 spiro atoms. The molecule has 4 nitrogen and oxygen atoms in total. The second-order valence-electron chi connectivity index (χ2n) is 5.44. The highest BCUT2D eigenvalue weighted by Gasteiger charge is 2.25. The normalized spacial score (nSPS) is 19.7. The SMILES string of the molecule is CCCC1CCCN(c2cccc(Cl)c2[N+](=O)[O-])CC1. The van der Waals surface area contributed by atoms with Crippen LogP contribution < -0.4 is 4.90 Å². The van der Waals surface area contributed by atoms with Crippen molar-refractivity contribution in [3.05, 3.63) is 33.3 Å². The van der Waals surface area contributed by atoms with Crippen LogP contribution in [0, 0.1) is 16.0 Å². The topological polar surface area (TPSA) is 46.4 Å². The minimum Gasteiger partial charge on any atom is -0.366 e. The zero-order chi connectivity index (χ0) is 14.5. The molecule has 1 fully saturated rings. The molecule has 20 heavy (non-hydrogen) atoms. The summed E-state index contributed by atoms with van der Waals surface area (Å²) in [6.07, 6.45) is 5.89. The largest absolute Gasteiger partial charge is 0.366 e. The number of nitro groups is 1. The molecule has 1 unspecified atom stereocenters. The van der Waals surface area contributed by atoms with Gasteiger partial charge in [0.2, 0.25) is 0 Å². The van der Waals surface area contributed by atoms with Crippen molar-refractivity contribution in [3.8, 4) is 0 Å². The molecule has 1 aromatic rings. The average molecular weight is 297 g/mol. The van der Waals surface area contributed by atoms with Crippen LogP contribution in [0.1, 0.15) is 39.0 Å². The van der Waals surface area contributed by atoms with Crippen molar-refractivity contribution in [2.75, 3.05) is 18.0 Å². The van der Waals surface area contributed by atoms with E-state index >= 15 is 0 Å². The number of hydrogen-bond donors (Lipinski definition) is 0. The van der Waals surface area contributed by atoms with Crippen molar-refractivity contribution < 1.29 is 4.92 Å². The number of hydrogen-bond acceptors (Lipinski definition) is 3. The highest BCUT2D eigenvalue weighted by Crippen LogP contribution is 2.36. The molecule has 5 heteroatoms. The van der Waals surface area contributed by atoms with Crippen LogP contribution in [0.25, 0.3) is 0 Å². The van der Waals surface area contributed by atoms with Gasteiger partial charge in [-0.3, -0.25) is 10.1 Å². The van der Waals surface area contributed by atoms with Crippen molar-refractivity contribution in [3.63, 3.8) is 0 Å². The lowest BCUT2D eigenvalue weighted by atomic mass is 9.96. The van der Waals surface area contributed by atoms with Crippen molar-refractivity contribution in [1.29, 1.82) is 0 Å². The Bertz CT molecular complexity index is 479. The molecular formula is C15H21ClN2O2. The number of nitrogens with zero attached hydrogens (tertiary/aromatic N) is 2. The Morgan fingerprint density at radius 3 is 2.90 bits per heavy atom. The fourth-order valence-corrected chi connectivity index (χ4v) is 3.28. The van der Waals surface area contributed by atoms with Crippen LogP contribution in [0.5, 0.6) is 0 Å². The predicted octanol–water partition coefficient (Wildman–Crippen LogP) is 4.65. The predicted molar refractivity (Wildman–Crippen MR) is 82.6 cm³/mol. The first-order valence-corrected chi connectivity index (χ1v) is 7.69. The first-order chi connectivity index (χ1) is 9.63. The van der Waals surface area contributed by atoms with Gasteiger partial charge in [0.1, 0.15) is 10.7 Å². The second-order valence-corrected chi connectivity index (χ2v) is 5.84. The first-order valence-electron chi connectivity index (χ1n) is 7.31. The van der Waals surface area contributed by atoms with Crippen molar-refractivity contribution in [2.24, 2.45) is 5.92 Å². The summed E-state index contributed by atoms with van der Waals surface area (Å²) < 4.78 is 0.